The maximum absolute atomic E-state index is 12.9. The predicted octanol–water partition coefficient (Wildman–Crippen LogP) is 2.04. The number of rotatable bonds is 7. The number of fused-ring (bicyclic) bond motifs is 1. The minimum atomic E-state index is -0.279. The number of hydrogen-bond donors (Lipinski definition) is 2. The van der Waals surface area contributed by atoms with E-state index in [1.807, 2.05) is 35.7 Å². The zero-order chi connectivity index (χ0) is 19.1. The fourth-order valence-electron chi connectivity index (χ4n) is 2.60. The van der Waals surface area contributed by atoms with Gasteiger partial charge in [-0.15, -0.1) is 10.2 Å². The lowest BCUT2D eigenvalue weighted by Crippen LogP contribution is -2.42. The molecular formula is C19H23FN6O. The van der Waals surface area contributed by atoms with Crippen molar-refractivity contribution in [3.8, 4) is 5.75 Å². The van der Waals surface area contributed by atoms with Gasteiger partial charge in [0.15, 0.2) is 11.6 Å². The highest BCUT2D eigenvalue weighted by molar-refractivity contribution is 5.79. The number of pyridine rings is 1. The molecule has 8 heteroatoms. The Morgan fingerprint density at radius 1 is 1.19 bits per heavy atom. The summed E-state index contributed by atoms with van der Waals surface area (Å²) >= 11 is 0. The zero-order valence-electron chi connectivity index (χ0n) is 15.4. The van der Waals surface area contributed by atoms with Crippen molar-refractivity contribution in [3.63, 3.8) is 0 Å². The maximum Gasteiger partial charge on any atom is 0.191 e. The molecule has 0 fully saturated rings. The zero-order valence-corrected chi connectivity index (χ0v) is 15.4. The maximum atomic E-state index is 12.9. The number of hydrogen-bond acceptors (Lipinski definition) is 4. The molecule has 142 valence electrons. The molecule has 0 aliphatic rings. The van der Waals surface area contributed by atoms with Crippen molar-refractivity contribution in [2.75, 3.05) is 20.1 Å². The molecule has 0 amide bonds. The fourth-order valence-corrected chi connectivity index (χ4v) is 2.60. The van der Waals surface area contributed by atoms with Crippen molar-refractivity contribution in [2.24, 2.45) is 4.99 Å². The Balaban J connectivity index is 1.43. The van der Waals surface area contributed by atoms with Crippen LogP contribution in [0.15, 0.2) is 53.7 Å². The standard InChI is InChI=1S/C19H23FN6O/c1-14(27-16-8-6-15(20)7-9-16)13-23-19(21-2)22-11-10-18-25-24-17-5-3-4-12-26(17)18/h3-9,12,14H,10-11,13H2,1-2H3,(H2,21,22,23). The molecule has 1 aromatic carbocycles. The third-order valence-electron chi connectivity index (χ3n) is 3.96. The van der Waals surface area contributed by atoms with Gasteiger partial charge in [0.05, 0.1) is 6.54 Å². The minimum absolute atomic E-state index is 0.102. The molecule has 7 nitrogen and oxygen atoms in total. The van der Waals surface area contributed by atoms with Crippen LogP contribution in [-0.2, 0) is 6.42 Å². The number of nitrogens with one attached hydrogen (secondary N) is 2. The van der Waals surface area contributed by atoms with Crippen LogP contribution in [0.3, 0.4) is 0 Å². The van der Waals surface area contributed by atoms with Crippen LogP contribution in [0, 0.1) is 5.82 Å². The van der Waals surface area contributed by atoms with Crippen LogP contribution in [0.5, 0.6) is 5.75 Å². The van der Waals surface area contributed by atoms with E-state index in [9.17, 15) is 4.39 Å². The first-order valence-electron chi connectivity index (χ1n) is 8.81. The molecule has 0 radical (unpaired) electrons. The minimum Gasteiger partial charge on any atom is -0.489 e. The first kappa shape index (κ1) is 18.6. The summed E-state index contributed by atoms with van der Waals surface area (Å²) < 4.78 is 20.6. The molecule has 0 saturated carbocycles. The van der Waals surface area contributed by atoms with Gasteiger partial charge in [0.1, 0.15) is 23.5 Å². The second kappa shape index (κ2) is 8.98. The van der Waals surface area contributed by atoms with E-state index >= 15 is 0 Å². The van der Waals surface area contributed by atoms with E-state index < -0.39 is 0 Å². The number of guanidine groups is 1. The van der Waals surface area contributed by atoms with Gasteiger partial charge in [-0.3, -0.25) is 9.39 Å². The topological polar surface area (TPSA) is 75.8 Å². The molecule has 2 heterocycles. The smallest absolute Gasteiger partial charge is 0.191 e. The van der Waals surface area contributed by atoms with Gasteiger partial charge in [0, 0.05) is 26.2 Å². The lowest BCUT2D eigenvalue weighted by atomic mass is 10.3. The molecule has 1 unspecified atom stereocenters. The molecule has 2 aromatic heterocycles. The summed E-state index contributed by atoms with van der Waals surface area (Å²) in [4.78, 5) is 4.21. The van der Waals surface area contributed by atoms with E-state index in [-0.39, 0.29) is 11.9 Å². The Morgan fingerprint density at radius 2 is 2.00 bits per heavy atom. The molecule has 0 aliphatic carbocycles. The van der Waals surface area contributed by atoms with E-state index in [1.165, 1.54) is 12.1 Å². The second-order valence-electron chi connectivity index (χ2n) is 6.06. The summed E-state index contributed by atoms with van der Waals surface area (Å²) in [6, 6.07) is 11.8. The first-order valence-corrected chi connectivity index (χ1v) is 8.81. The number of ether oxygens (including phenoxy) is 1. The van der Waals surface area contributed by atoms with Crippen LogP contribution in [0.1, 0.15) is 12.7 Å². The van der Waals surface area contributed by atoms with Gasteiger partial charge in [-0.2, -0.15) is 0 Å². The highest BCUT2D eigenvalue weighted by Gasteiger charge is 2.07. The highest BCUT2D eigenvalue weighted by atomic mass is 19.1. The summed E-state index contributed by atoms with van der Waals surface area (Å²) in [6.07, 6.45) is 2.56. The molecule has 0 spiro atoms. The van der Waals surface area contributed by atoms with Gasteiger partial charge < -0.3 is 15.4 Å². The van der Waals surface area contributed by atoms with Crippen LogP contribution in [0.4, 0.5) is 4.39 Å². The van der Waals surface area contributed by atoms with E-state index in [2.05, 4.69) is 25.8 Å². The van der Waals surface area contributed by atoms with E-state index in [1.54, 1.807) is 19.2 Å². The van der Waals surface area contributed by atoms with Gasteiger partial charge in [0.25, 0.3) is 0 Å². The summed E-state index contributed by atoms with van der Waals surface area (Å²) in [5.74, 6) is 1.92. The molecule has 2 N–H and O–H groups in total. The Morgan fingerprint density at radius 3 is 2.78 bits per heavy atom. The van der Waals surface area contributed by atoms with Crippen molar-refractivity contribution in [3.05, 3.63) is 60.3 Å². The number of benzene rings is 1. The Bertz CT molecular complexity index is 893. The average molecular weight is 370 g/mol. The van der Waals surface area contributed by atoms with Crippen molar-refractivity contribution in [2.45, 2.75) is 19.4 Å². The summed E-state index contributed by atoms with van der Waals surface area (Å²) in [5, 5.41) is 14.8. The van der Waals surface area contributed by atoms with Gasteiger partial charge >= 0.3 is 0 Å². The fraction of sp³-hybridized carbons (Fsp3) is 0.316. The van der Waals surface area contributed by atoms with Crippen LogP contribution in [0.2, 0.25) is 0 Å². The monoisotopic (exact) mass is 370 g/mol. The van der Waals surface area contributed by atoms with Crippen molar-refractivity contribution in [1.29, 1.82) is 0 Å². The highest BCUT2D eigenvalue weighted by Crippen LogP contribution is 2.12. The Labute approximate surface area is 157 Å². The Kier molecular flexibility index (Phi) is 6.19. The molecule has 1 atom stereocenters. The largest absolute Gasteiger partial charge is 0.489 e. The number of aliphatic imine (C=N–C) groups is 1. The van der Waals surface area contributed by atoms with Crippen molar-refractivity contribution < 1.29 is 9.13 Å². The second-order valence-corrected chi connectivity index (χ2v) is 6.06. The number of halogens is 1. The Hall–Kier alpha value is -3.16. The van der Waals surface area contributed by atoms with E-state index in [0.717, 1.165) is 11.5 Å². The van der Waals surface area contributed by atoms with Crippen molar-refractivity contribution in [1.82, 2.24) is 25.2 Å². The third kappa shape index (κ3) is 5.16. The van der Waals surface area contributed by atoms with Crippen LogP contribution in [0.25, 0.3) is 5.65 Å². The van der Waals surface area contributed by atoms with Crippen LogP contribution >= 0.6 is 0 Å². The van der Waals surface area contributed by atoms with E-state index in [4.69, 9.17) is 4.74 Å². The van der Waals surface area contributed by atoms with Gasteiger partial charge in [-0.25, -0.2) is 4.39 Å². The predicted molar refractivity (Wildman–Crippen MR) is 103 cm³/mol. The van der Waals surface area contributed by atoms with Crippen molar-refractivity contribution >= 4 is 11.6 Å². The third-order valence-corrected chi connectivity index (χ3v) is 3.96. The molecule has 0 saturated heterocycles. The van der Waals surface area contributed by atoms with E-state index in [0.29, 0.717) is 31.2 Å². The number of nitrogens with zero attached hydrogens (tertiary/aromatic N) is 4. The molecule has 3 aromatic rings. The molecule has 27 heavy (non-hydrogen) atoms. The van der Waals surface area contributed by atoms with Crippen LogP contribution in [-0.4, -0.2) is 46.8 Å². The summed E-state index contributed by atoms with van der Waals surface area (Å²) in [7, 11) is 1.72. The number of aromatic nitrogens is 3. The summed E-state index contributed by atoms with van der Waals surface area (Å²) in [5.41, 5.74) is 0.835. The van der Waals surface area contributed by atoms with Gasteiger partial charge in [-0.1, -0.05) is 6.07 Å². The van der Waals surface area contributed by atoms with Gasteiger partial charge in [0.2, 0.25) is 0 Å². The van der Waals surface area contributed by atoms with Gasteiger partial charge in [-0.05, 0) is 43.3 Å². The average Bonchev–Trinajstić information content (AvgIpc) is 3.09. The normalized spacial score (nSPS) is 12.8. The molecule has 0 bridgehead atoms. The molecular weight excluding hydrogens is 347 g/mol. The quantitative estimate of drug-likeness (QED) is 0.492. The SMILES string of the molecule is CN=C(NCCc1nnc2ccccn12)NCC(C)Oc1ccc(F)cc1. The lowest BCUT2D eigenvalue weighted by Gasteiger charge is -2.17. The lowest BCUT2D eigenvalue weighted by molar-refractivity contribution is 0.223. The summed E-state index contributed by atoms with van der Waals surface area (Å²) in [6.45, 7) is 3.17. The van der Waals surface area contributed by atoms with Crippen LogP contribution < -0.4 is 15.4 Å². The first-order chi connectivity index (χ1) is 13.2. The molecule has 0 aliphatic heterocycles. The molecule has 3 rings (SSSR count).